The van der Waals surface area contributed by atoms with Crippen molar-refractivity contribution >= 4 is 34.0 Å². The Kier molecular flexibility index (Phi) is 9.65. The first-order valence-corrected chi connectivity index (χ1v) is 10.7. The number of halogens is 1. The minimum Gasteiger partial charge on any atom is -0.495 e. The molecule has 160 valence electrons. The topological polar surface area (TPSA) is 91.0 Å². The standard InChI is InChI=1S/C18H30N4O4S.ClH/c1-5-22(6-2)27(24,25)15-7-8-17(26-4)16(11-15)20-18(23)13-21-10-9-19-12-14(21)3;/h7-8,11,14,19H,5-6,9-10,12-13H2,1-4H3,(H,20,23);1H/t14-;/m0./s1. The molecule has 1 aliphatic rings. The van der Waals surface area contributed by atoms with Gasteiger partial charge in [-0.2, -0.15) is 4.31 Å². The second-order valence-electron chi connectivity index (χ2n) is 6.52. The van der Waals surface area contributed by atoms with E-state index in [1.165, 1.54) is 23.5 Å². The van der Waals surface area contributed by atoms with Crippen LogP contribution in [-0.4, -0.2) is 76.0 Å². The average molecular weight is 435 g/mol. The number of piperazine rings is 1. The van der Waals surface area contributed by atoms with Crippen molar-refractivity contribution in [1.82, 2.24) is 14.5 Å². The highest BCUT2D eigenvalue weighted by Gasteiger charge is 2.24. The third-order valence-electron chi connectivity index (χ3n) is 4.77. The van der Waals surface area contributed by atoms with E-state index in [1.54, 1.807) is 19.9 Å². The molecule has 2 N–H and O–H groups in total. The monoisotopic (exact) mass is 434 g/mol. The summed E-state index contributed by atoms with van der Waals surface area (Å²) in [6.07, 6.45) is 0. The number of nitrogens with one attached hydrogen (secondary N) is 2. The molecule has 0 radical (unpaired) electrons. The molecule has 1 aromatic rings. The van der Waals surface area contributed by atoms with Crippen LogP contribution in [0.25, 0.3) is 0 Å². The largest absolute Gasteiger partial charge is 0.495 e. The number of methoxy groups -OCH3 is 1. The Morgan fingerprint density at radius 1 is 1.36 bits per heavy atom. The number of anilines is 1. The Morgan fingerprint density at radius 2 is 2.04 bits per heavy atom. The van der Waals surface area contributed by atoms with E-state index >= 15 is 0 Å². The fourth-order valence-electron chi connectivity index (χ4n) is 3.15. The molecule has 1 saturated heterocycles. The predicted molar refractivity (Wildman–Crippen MR) is 113 cm³/mol. The number of hydrogen-bond acceptors (Lipinski definition) is 6. The van der Waals surface area contributed by atoms with Crippen molar-refractivity contribution < 1.29 is 17.9 Å². The van der Waals surface area contributed by atoms with Gasteiger partial charge >= 0.3 is 0 Å². The zero-order valence-corrected chi connectivity index (χ0v) is 18.5. The van der Waals surface area contributed by atoms with Gasteiger partial charge in [0.1, 0.15) is 5.75 Å². The fraction of sp³-hybridized carbons (Fsp3) is 0.611. The van der Waals surface area contributed by atoms with E-state index < -0.39 is 10.0 Å². The van der Waals surface area contributed by atoms with E-state index in [0.717, 1.165) is 19.6 Å². The van der Waals surface area contributed by atoms with Crippen molar-refractivity contribution in [1.29, 1.82) is 0 Å². The summed E-state index contributed by atoms with van der Waals surface area (Å²) in [5, 5.41) is 6.09. The van der Waals surface area contributed by atoms with Crippen molar-refractivity contribution in [3.05, 3.63) is 18.2 Å². The summed E-state index contributed by atoms with van der Waals surface area (Å²) in [6.45, 7) is 9.15. The Morgan fingerprint density at radius 3 is 2.61 bits per heavy atom. The molecule has 0 bridgehead atoms. The summed E-state index contributed by atoms with van der Waals surface area (Å²) >= 11 is 0. The molecule has 1 heterocycles. The maximum absolute atomic E-state index is 12.7. The summed E-state index contributed by atoms with van der Waals surface area (Å²) in [6, 6.07) is 4.80. The maximum Gasteiger partial charge on any atom is 0.243 e. The SMILES string of the molecule is CCN(CC)S(=O)(=O)c1ccc(OC)c(NC(=O)CN2CCNC[C@@H]2C)c1.Cl. The van der Waals surface area contributed by atoms with E-state index in [-0.39, 0.29) is 35.8 Å². The second kappa shape index (κ2) is 11.0. The maximum atomic E-state index is 12.7. The number of benzene rings is 1. The molecule has 2 rings (SSSR count). The molecule has 0 spiro atoms. The highest BCUT2D eigenvalue weighted by Crippen LogP contribution is 2.29. The van der Waals surface area contributed by atoms with Crippen LogP contribution >= 0.6 is 12.4 Å². The van der Waals surface area contributed by atoms with Crippen molar-refractivity contribution in [3.8, 4) is 5.75 Å². The molecule has 1 fully saturated rings. The van der Waals surface area contributed by atoms with Crippen molar-refractivity contribution in [3.63, 3.8) is 0 Å². The Hall–Kier alpha value is -1.39. The fourth-order valence-corrected chi connectivity index (χ4v) is 4.63. The number of nitrogens with zero attached hydrogens (tertiary/aromatic N) is 2. The summed E-state index contributed by atoms with van der Waals surface area (Å²) in [7, 11) is -2.12. The molecule has 0 unspecified atom stereocenters. The molecule has 10 heteroatoms. The van der Waals surface area contributed by atoms with Crippen molar-refractivity contribution in [2.75, 3.05) is 51.7 Å². The quantitative estimate of drug-likeness (QED) is 0.642. The summed E-state index contributed by atoms with van der Waals surface area (Å²) in [5.41, 5.74) is 0.360. The highest BCUT2D eigenvalue weighted by atomic mass is 35.5. The van der Waals surface area contributed by atoms with E-state index in [2.05, 4.69) is 22.5 Å². The third kappa shape index (κ3) is 5.81. The van der Waals surface area contributed by atoms with Gasteiger partial charge in [0, 0.05) is 38.8 Å². The third-order valence-corrected chi connectivity index (χ3v) is 6.82. The molecule has 1 amide bonds. The summed E-state index contributed by atoms with van der Waals surface area (Å²) in [5.74, 6) is 0.231. The first-order chi connectivity index (χ1) is 12.8. The van der Waals surface area contributed by atoms with Crippen LogP contribution in [0, 0.1) is 0 Å². The second-order valence-corrected chi connectivity index (χ2v) is 8.46. The van der Waals surface area contributed by atoms with Gasteiger partial charge in [0.2, 0.25) is 15.9 Å². The van der Waals surface area contributed by atoms with Crippen LogP contribution < -0.4 is 15.4 Å². The Balaban J connectivity index is 0.00000392. The number of ether oxygens (including phenoxy) is 1. The van der Waals surface area contributed by atoms with Crippen molar-refractivity contribution in [2.45, 2.75) is 31.7 Å². The lowest BCUT2D eigenvalue weighted by Gasteiger charge is -2.33. The highest BCUT2D eigenvalue weighted by molar-refractivity contribution is 7.89. The minimum absolute atomic E-state index is 0. The van der Waals surface area contributed by atoms with Crippen LogP contribution in [0.2, 0.25) is 0 Å². The summed E-state index contributed by atoms with van der Waals surface area (Å²) < 4.78 is 32.2. The van der Waals surface area contributed by atoms with Crippen LogP contribution in [0.1, 0.15) is 20.8 Å². The van der Waals surface area contributed by atoms with E-state index in [9.17, 15) is 13.2 Å². The van der Waals surface area contributed by atoms with E-state index in [1.807, 2.05) is 0 Å². The zero-order chi connectivity index (χ0) is 20.0. The number of amides is 1. The first kappa shape index (κ1) is 24.6. The van der Waals surface area contributed by atoms with Gasteiger partial charge in [-0.05, 0) is 25.1 Å². The molecule has 1 aromatic carbocycles. The lowest BCUT2D eigenvalue weighted by molar-refractivity contribution is -0.118. The van der Waals surface area contributed by atoms with Gasteiger partial charge in [0.05, 0.1) is 24.2 Å². The van der Waals surface area contributed by atoms with Gasteiger partial charge in [0.15, 0.2) is 0 Å². The zero-order valence-electron chi connectivity index (χ0n) is 16.9. The summed E-state index contributed by atoms with van der Waals surface area (Å²) in [4.78, 5) is 14.7. The van der Waals surface area contributed by atoms with Gasteiger partial charge in [-0.15, -0.1) is 12.4 Å². The van der Waals surface area contributed by atoms with Gasteiger partial charge in [-0.1, -0.05) is 13.8 Å². The van der Waals surface area contributed by atoms with Crippen LogP contribution in [0.4, 0.5) is 5.69 Å². The van der Waals surface area contributed by atoms with Crippen molar-refractivity contribution in [2.24, 2.45) is 0 Å². The van der Waals surface area contributed by atoms with E-state index in [4.69, 9.17) is 4.74 Å². The van der Waals surface area contributed by atoms with Gasteiger partial charge < -0.3 is 15.4 Å². The van der Waals surface area contributed by atoms with Gasteiger partial charge in [-0.25, -0.2) is 8.42 Å². The van der Waals surface area contributed by atoms with Crippen LogP contribution in [-0.2, 0) is 14.8 Å². The molecular formula is C18H31ClN4O4S. The number of carbonyl (C=O) groups excluding carboxylic acids is 1. The molecule has 0 aromatic heterocycles. The number of hydrogen-bond donors (Lipinski definition) is 2. The molecule has 8 nitrogen and oxygen atoms in total. The van der Waals surface area contributed by atoms with Gasteiger partial charge in [-0.3, -0.25) is 9.69 Å². The molecule has 28 heavy (non-hydrogen) atoms. The molecular weight excluding hydrogens is 404 g/mol. The molecule has 0 saturated carbocycles. The average Bonchev–Trinajstić information content (AvgIpc) is 2.64. The van der Waals surface area contributed by atoms with E-state index in [0.29, 0.717) is 24.5 Å². The van der Waals surface area contributed by atoms with Gasteiger partial charge in [0.25, 0.3) is 0 Å². The molecule has 1 atom stereocenters. The van der Waals surface area contributed by atoms with Crippen LogP contribution in [0.5, 0.6) is 5.75 Å². The number of sulfonamides is 1. The van der Waals surface area contributed by atoms with Crippen LogP contribution in [0.3, 0.4) is 0 Å². The lowest BCUT2D eigenvalue weighted by Crippen LogP contribution is -2.52. The minimum atomic E-state index is -3.61. The molecule has 0 aliphatic carbocycles. The van der Waals surface area contributed by atoms with Crippen LogP contribution in [0.15, 0.2) is 23.1 Å². The number of rotatable bonds is 8. The normalized spacial score (nSPS) is 17.8. The smallest absolute Gasteiger partial charge is 0.243 e. The Labute approximate surface area is 174 Å². The molecule has 1 aliphatic heterocycles. The number of carbonyl (C=O) groups is 1. The lowest BCUT2D eigenvalue weighted by atomic mass is 10.2. The Bertz CT molecular complexity index is 756. The first-order valence-electron chi connectivity index (χ1n) is 9.26. The predicted octanol–water partition coefficient (Wildman–Crippen LogP) is 1.38.